The lowest BCUT2D eigenvalue weighted by Gasteiger charge is -2.35. The molecular formula is C13H13ClF2N2. The van der Waals surface area contributed by atoms with Crippen molar-refractivity contribution < 1.29 is 8.78 Å². The summed E-state index contributed by atoms with van der Waals surface area (Å²) < 4.78 is 28.9. The molecule has 0 radical (unpaired) electrons. The second-order valence-electron chi connectivity index (χ2n) is 5.02. The number of benzene rings is 1. The average molecular weight is 271 g/mol. The first-order valence-electron chi connectivity index (χ1n) is 6.02. The Morgan fingerprint density at radius 1 is 1.39 bits per heavy atom. The van der Waals surface area contributed by atoms with Crippen LogP contribution in [-0.2, 0) is 5.88 Å². The molecule has 0 amide bonds. The van der Waals surface area contributed by atoms with Crippen LogP contribution in [0.3, 0.4) is 0 Å². The highest BCUT2D eigenvalue weighted by Gasteiger charge is 2.30. The van der Waals surface area contributed by atoms with Crippen LogP contribution in [0.1, 0.15) is 31.6 Å². The monoisotopic (exact) mass is 270 g/mol. The summed E-state index contributed by atoms with van der Waals surface area (Å²) in [6.45, 7) is 2.16. The number of halogens is 3. The summed E-state index contributed by atoms with van der Waals surface area (Å²) in [4.78, 5) is 4.19. The maximum Gasteiger partial charge on any atom is 0.153 e. The largest absolute Gasteiger partial charge is 0.324 e. The van der Waals surface area contributed by atoms with Crippen LogP contribution in [0.5, 0.6) is 0 Å². The van der Waals surface area contributed by atoms with Gasteiger partial charge in [0.2, 0.25) is 0 Å². The number of hydrogen-bond donors (Lipinski definition) is 0. The summed E-state index contributed by atoms with van der Waals surface area (Å²) >= 11 is 5.86. The van der Waals surface area contributed by atoms with Crippen LogP contribution < -0.4 is 0 Å². The number of alkyl halides is 1. The van der Waals surface area contributed by atoms with Gasteiger partial charge in [0, 0.05) is 12.1 Å². The lowest BCUT2D eigenvalue weighted by atomic mass is 9.81. The Morgan fingerprint density at radius 3 is 2.72 bits per heavy atom. The molecule has 1 heterocycles. The second kappa shape index (κ2) is 4.19. The standard InChI is InChI=1S/C13H13ClF2N2/c1-7-2-9(3-7)18-11-5-8(15)4-10(16)13(11)17-12(18)6-14/h4-5,7,9H,2-3,6H2,1H3. The first-order chi connectivity index (χ1) is 8.60. The summed E-state index contributed by atoms with van der Waals surface area (Å²) in [5, 5.41) is 0. The van der Waals surface area contributed by atoms with Gasteiger partial charge in [-0.25, -0.2) is 13.8 Å². The lowest BCUT2D eigenvalue weighted by Crippen LogP contribution is -2.25. The maximum absolute atomic E-state index is 13.7. The molecule has 2 nitrogen and oxygen atoms in total. The molecule has 1 fully saturated rings. The molecule has 2 aromatic rings. The molecule has 0 saturated heterocycles. The molecule has 1 aliphatic rings. The average Bonchev–Trinajstić information content (AvgIpc) is 2.63. The Bertz CT molecular complexity index is 603. The minimum Gasteiger partial charge on any atom is -0.324 e. The molecule has 1 aliphatic carbocycles. The van der Waals surface area contributed by atoms with Gasteiger partial charge in [-0.15, -0.1) is 11.6 Å². The summed E-state index contributed by atoms with van der Waals surface area (Å²) in [6.07, 6.45) is 2.01. The Balaban J connectivity index is 2.21. The summed E-state index contributed by atoms with van der Waals surface area (Å²) in [5.74, 6) is 0.278. The van der Waals surface area contributed by atoms with E-state index in [1.54, 1.807) is 0 Å². The van der Waals surface area contributed by atoms with E-state index in [9.17, 15) is 8.78 Å². The minimum absolute atomic E-state index is 0.209. The van der Waals surface area contributed by atoms with Crippen molar-refractivity contribution in [2.75, 3.05) is 0 Å². The van der Waals surface area contributed by atoms with Crippen LogP contribution in [0.15, 0.2) is 12.1 Å². The normalized spacial score (nSPS) is 23.3. The SMILES string of the molecule is CC1CC(n2c(CCl)nc3c(F)cc(F)cc32)C1. The van der Waals surface area contributed by atoms with E-state index in [0.29, 0.717) is 17.3 Å². The van der Waals surface area contributed by atoms with Crippen molar-refractivity contribution in [3.05, 3.63) is 29.6 Å². The molecule has 0 bridgehead atoms. The smallest absolute Gasteiger partial charge is 0.153 e. The number of nitrogens with zero attached hydrogens (tertiary/aromatic N) is 2. The van der Waals surface area contributed by atoms with E-state index in [1.807, 2.05) is 4.57 Å². The van der Waals surface area contributed by atoms with E-state index in [2.05, 4.69) is 11.9 Å². The highest BCUT2D eigenvalue weighted by Crippen LogP contribution is 2.40. The van der Waals surface area contributed by atoms with Crippen molar-refractivity contribution in [1.82, 2.24) is 9.55 Å². The molecule has 18 heavy (non-hydrogen) atoms. The lowest BCUT2D eigenvalue weighted by molar-refractivity contribution is 0.217. The van der Waals surface area contributed by atoms with Crippen molar-refractivity contribution in [2.24, 2.45) is 5.92 Å². The van der Waals surface area contributed by atoms with E-state index in [-0.39, 0.29) is 17.4 Å². The fourth-order valence-corrected chi connectivity index (χ4v) is 2.93. The molecule has 0 N–H and O–H groups in total. The van der Waals surface area contributed by atoms with Crippen LogP contribution in [0, 0.1) is 17.6 Å². The van der Waals surface area contributed by atoms with Crippen LogP contribution in [-0.4, -0.2) is 9.55 Å². The number of aromatic nitrogens is 2. The first-order valence-corrected chi connectivity index (χ1v) is 6.55. The molecular weight excluding hydrogens is 258 g/mol. The zero-order valence-electron chi connectivity index (χ0n) is 9.96. The van der Waals surface area contributed by atoms with Crippen molar-refractivity contribution in [1.29, 1.82) is 0 Å². The molecule has 0 spiro atoms. The van der Waals surface area contributed by atoms with Gasteiger partial charge in [0.1, 0.15) is 17.2 Å². The van der Waals surface area contributed by atoms with Gasteiger partial charge in [-0.1, -0.05) is 6.92 Å². The molecule has 1 aromatic carbocycles. The predicted octanol–water partition coefficient (Wildman–Crippen LogP) is 4.02. The molecule has 0 atom stereocenters. The number of hydrogen-bond acceptors (Lipinski definition) is 1. The zero-order valence-corrected chi connectivity index (χ0v) is 10.7. The number of rotatable bonds is 2. The Labute approximate surface area is 109 Å². The second-order valence-corrected chi connectivity index (χ2v) is 5.28. The molecule has 1 saturated carbocycles. The van der Waals surface area contributed by atoms with E-state index >= 15 is 0 Å². The van der Waals surface area contributed by atoms with E-state index in [1.165, 1.54) is 6.07 Å². The Morgan fingerprint density at radius 2 is 2.11 bits per heavy atom. The van der Waals surface area contributed by atoms with Gasteiger partial charge in [-0.2, -0.15) is 0 Å². The van der Waals surface area contributed by atoms with Gasteiger partial charge >= 0.3 is 0 Å². The van der Waals surface area contributed by atoms with Gasteiger partial charge in [-0.3, -0.25) is 0 Å². The molecule has 5 heteroatoms. The van der Waals surface area contributed by atoms with Gasteiger partial charge < -0.3 is 4.57 Å². The van der Waals surface area contributed by atoms with Gasteiger partial charge in [-0.05, 0) is 24.8 Å². The van der Waals surface area contributed by atoms with Crippen molar-refractivity contribution in [3.8, 4) is 0 Å². The minimum atomic E-state index is -0.623. The first kappa shape index (κ1) is 11.9. The third-order valence-corrected chi connectivity index (χ3v) is 3.86. The topological polar surface area (TPSA) is 17.8 Å². The molecule has 0 unspecified atom stereocenters. The Kier molecular flexibility index (Phi) is 2.77. The van der Waals surface area contributed by atoms with Gasteiger partial charge in [0.05, 0.1) is 11.4 Å². The predicted molar refractivity (Wildman–Crippen MR) is 66.6 cm³/mol. The van der Waals surface area contributed by atoms with Gasteiger partial charge in [0.25, 0.3) is 0 Å². The molecule has 96 valence electrons. The summed E-state index contributed by atoms with van der Waals surface area (Å²) in [6, 6.07) is 2.46. The fraction of sp³-hybridized carbons (Fsp3) is 0.462. The maximum atomic E-state index is 13.7. The van der Waals surface area contributed by atoms with Crippen molar-refractivity contribution in [2.45, 2.75) is 31.7 Å². The summed E-state index contributed by atoms with van der Waals surface area (Å²) in [7, 11) is 0. The highest BCUT2D eigenvalue weighted by atomic mass is 35.5. The number of imidazole rings is 1. The fourth-order valence-electron chi connectivity index (χ4n) is 2.74. The van der Waals surface area contributed by atoms with Crippen LogP contribution >= 0.6 is 11.6 Å². The number of fused-ring (bicyclic) bond motifs is 1. The third-order valence-electron chi connectivity index (χ3n) is 3.62. The van der Waals surface area contributed by atoms with Crippen molar-refractivity contribution in [3.63, 3.8) is 0 Å². The van der Waals surface area contributed by atoms with E-state index in [0.717, 1.165) is 18.9 Å². The van der Waals surface area contributed by atoms with E-state index in [4.69, 9.17) is 11.6 Å². The molecule has 1 aromatic heterocycles. The molecule has 3 rings (SSSR count). The zero-order chi connectivity index (χ0) is 12.9. The Hall–Kier alpha value is -1.16. The van der Waals surface area contributed by atoms with Crippen LogP contribution in [0.4, 0.5) is 8.78 Å². The van der Waals surface area contributed by atoms with Gasteiger partial charge in [0.15, 0.2) is 5.82 Å². The van der Waals surface area contributed by atoms with Crippen molar-refractivity contribution >= 4 is 22.6 Å². The van der Waals surface area contributed by atoms with Crippen LogP contribution in [0.25, 0.3) is 11.0 Å². The third kappa shape index (κ3) is 1.70. The van der Waals surface area contributed by atoms with E-state index < -0.39 is 11.6 Å². The van der Waals surface area contributed by atoms with Crippen LogP contribution in [0.2, 0.25) is 0 Å². The molecule has 0 aliphatic heterocycles. The highest BCUT2D eigenvalue weighted by molar-refractivity contribution is 6.16. The summed E-state index contributed by atoms with van der Waals surface area (Å²) in [5.41, 5.74) is 0.728. The quantitative estimate of drug-likeness (QED) is 0.754.